The predicted molar refractivity (Wildman–Crippen MR) is 80.4 cm³/mol. The van der Waals surface area contributed by atoms with Crippen molar-refractivity contribution in [3.63, 3.8) is 0 Å². The molecular formula is C17H20O3. The Balaban J connectivity index is 2.43. The van der Waals surface area contributed by atoms with E-state index in [4.69, 9.17) is 0 Å². The molecule has 0 unspecified atom stereocenters. The van der Waals surface area contributed by atoms with Crippen molar-refractivity contribution >= 4 is 16.7 Å². The van der Waals surface area contributed by atoms with Gasteiger partial charge in [0.05, 0.1) is 0 Å². The monoisotopic (exact) mass is 272 g/mol. The zero-order chi connectivity index (χ0) is 14.5. The molecule has 0 aliphatic heterocycles. The van der Waals surface area contributed by atoms with E-state index in [1.807, 2.05) is 24.3 Å². The minimum absolute atomic E-state index is 0.00538. The maximum Gasteiger partial charge on any atom is 0.339 e. The molecule has 2 rings (SSSR count). The van der Waals surface area contributed by atoms with Gasteiger partial charge in [-0.15, -0.1) is 0 Å². The van der Waals surface area contributed by atoms with Gasteiger partial charge in [0, 0.05) is 5.56 Å². The van der Waals surface area contributed by atoms with Crippen LogP contribution in [0.1, 0.15) is 48.5 Å². The molecule has 0 atom stereocenters. The average molecular weight is 272 g/mol. The smallest absolute Gasteiger partial charge is 0.339 e. The van der Waals surface area contributed by atoms with E-state index < -0.39 is 5.97 Å². The summed E-state index contributed by atoms with van der Waals surface area (Å²) in [4.78, 5) is 11.2. The van der Waals surface area contributed by atoms with Gasteiger partial charge in [-0.05, 0) is 29.7 Å². The van der Waals surface area contributed by atoms with Crippen LogP contribution < -0.4 is 0 Å². The van der Waals surface area contributed by atoms with Gasteiger partial charge in [-0.1, -0.05) is 50.5 Å². The topological polar surface area (TPSA) is 57.5 Å². The molecule has 2 N–H and O–H groups in total. The summed E-state index contributed by atoms with van der Waals surface area (Å²) in [6, 6.07) is 9.17. The predicted octanol–water partition coefficient (Wildman–Crippen LogP) is 4.37. The van der Waals surface area contributed by atoms with Gasteiger partial charge >= 0.3 is 5.97 Å². The fraction of sp³-hybridized carbons (Fsp3) is 0.353. The van der Waals surface area contributed by atoms with Crippen molar-refractivity contribution in [3.05, 3.63) is 41.5 Å². The second-order valence-corrected chi connectivity index (χ2v) is 5.09. The van der Waals surface area contributed by atoms with Gasteiger partial charge in [-0.2, -0.15) is 0 Å². The number of carboxylic acid groups (broad SMARTS) is 1. The molecule has 0 saturated carbocycles. The lowest BCUT2D eigenvalue weighted by molar-refractivity contribution is 0.0693. The Labute approximate surface area is 118 Å². The summed E-state index contributed by atoms with van der Waals surface area (Å²) in [5.74, 6) is -1.16. The highest BCUT2D eigenvalue weighted by Gasteiger charge is 2.16. The van der Waals surface area contributed by atoms with Crippen LogP contribution in [-0.2, 0) is 6.42 Å². The van der Waals surface area contributed by atoms with Crippen molar-refractivity contribution in [1.29, 1.82) is 0 Å². The van der Waals surface area contributed by atoms with Gasteiger partial charge in [-0.3, -0.25) is 0 Å². The third kappa shape index (κ3) is 2.93. The molecule has 0 saturated heterocycles. The standard InChI is InChI=1S/C17H20O3/c1-2-3-4-5-10-14-13-9-7-6-8-12(13)11-15(16(14)18)17(19)20/h6-9,11,18H,2-5,10H2,1H3,(H,19,20). The zero-order valence-corrected chi connectivity index (χ0v) is 11.7. The van der Waals surface area contributed by atoms with E-state index in [0.29, 0.717) is 6.42 Å². The van der Waals surface area contributed by atoms with Gasteiger partial charge in [0.15, 0.2) is 0 Å². The number of hydrogen-bond donors (Lipinski definition) is 2. The molecule has 0 radical (unpaired) electrons. The van der Waals surface area contributed by atoms with E-state index in [-0.39, 0.29) is 11.3 Å². The summed E-state index contributed by atoms with van der Waals surface area (Å²) < 4.78 is 0. The highest BCUT2D eigenvalue weighted by molar-refractivity contribution is 5.99. The van der Waals surface area contributed by atoms with Crippen LogP contribution in [0.4, 0.5) is 0 Å². The number of fused-ring (bicyclic) bond motifs is 1. The van der Waals surface area contributed by atoms with E-state index >= 15 is 0 Å². The number of aromatic hydroxyl groups is 1. The normalized spacial score (nSPS) is 10.8. The number of benzene rings is 2. The Morgan fingerprint density at radius 1 is 1.15 bits per heavy atom. The fourth-order valence-electron chi connectivity index (χ4n) is 2.56. The summed E-state index contributed by atoms with van der Waals surface area (Å²) in [5, 5.41) is 21.3. The van der Waals surface area contributed by atoms with E-state index in [2.05, 4.69) is 6.92 Å². The maximum atomic E-state index is 11.2. The molecule has 0 heterocycles. The van der Waals surface area contributed by atoms with Gasteiger partial charge < -0.3 is 10.2 Å². The second-order valence-electron chi connectivity index (χ2n) is 5.09. The summed E-state index contributed by atoms with van der Waals surface area (Å²) in [6.07, 6.45) is 5.10. The summed E-state index contributed by atoms with van der Waals surface area (Å²) in [5.41, 5.74) is 0.755. The zero-order valence-electron chi connectivity index (χ0n) is 11.7. The SMILES string of the molecule is CCCCCCc1c(O)c(C(=O)O)cc2ccccc12. The van der Waals surface area contributed by atoms with Crippen LogP contribution in [0.3, 0.4) is 0 Å². The largest absolute Gasteiger partial charge is 0.507 e. The number of phenols is 1. The first kappa shape index (κ1) is 14.4. The quantitative estimate of drug-likeness (QED) is 0.768. The highest BCUT2D eigenvalue weighted by Crippen LogP contribution is 2.32. The van der Waals surface area contributed by atoms with Crippen molar-refractivity contribution in [1.82, 2.24) is 0 Å². The molecular weight excluding hydrogens is 252 g/mol. The van der Waals surface area contributed by atoms with E-state index in [0.717, 1.165) is 42.0 Å². The van der Waals surface area contributed by atoms with Gasteiger partial charge in [0.2, 0.25) is 0 Å². The number of rotatable bonds is 6. The van der Waals surface area contributed by atoms with Gasteiger partial charge in [0.25, 0.3) is 0 Å². The molecule has 0 aromatic heterocycles. The first-order valence-corrected chi connectivity index (χ1v) is 7.12. The van der Waals surface area contributed by atoms with Crippen molar-refractivity contribution in [2.24, 2.45) is 0 Å². The Morgan fingerprint density at radius 2 is 1.90 bits per heavy atom. The molecule has 106 valence electrons. The van der Waals surface area contributed by atoms with Crippen molar-refractivity contribution in [2.45, 2.75) is 39.0 Å². The molecule has 0 amide bonds. The van der Waals surface area contributed by atoms with Crippen molar-refractivity contribution in [2.75, 3.05) is 0 Å². The number of aryl methyl sites for hydroxylation is 1. The summed E-state index contributed by atoms with van der Waals surface area (Å²) >= 11 is 0. The number of aromatic carboxylic acids is 1. The van der Waals surface area contributed by atoms with Crippen LogP contribution in [0.2, 0.25) is 0 Å². The molecule has 0 spiro atoms. The van der Waals surface area contributed by atoms with Gasteiger partial charge in [-0.25, -0.2) is 4.79 Å². The molecule has 0 bridgehead atoms. The molecule has 2 aromatic rings. The van der Waals surface area contributed by atoms with E-state index in [9.17, 15) is 15.0 Å². The summed E-state index contributed by atoms with van der Waals surface area (Å²) in [6.45, 7) is 2.15. The highest BCUT2D eigenvalue weighted by atomic mass is 16.4. The van der Waals surface area contributed by atoms with Crippen molar-refractivity contribution < 1.29 is 15.0 Å². The minimum Gasteiger partial charge on any atom is -0.507 e. The third-order valence-electron chi connectivity index (χ3n) is 3.64. The molecule has 20 heavy (non-hydrogen) atoms. The molecule has 2 aromatic carbocycles. The molecule has 3 heteroatoms. The second kappa shape index (κ2) is 6.42. The van der Waals surface area contributed by atoms with Crippen LogP contribution in [0.25, 0.3) is 10.8 Å². The maximum absolute atomic E-state index is 11.2. The summed E-state index contributed by atoms with van der Waals surface area (Å²) in [7, 11) is 0. The first-order chi connectivity index (χ1) is 9.65. The third-order valence-corrected chi connectivity index (χ3v) is 3.64. The van der Waals surface area contributed by atoms with Crippen LogP contribution in [0.15, 0.2) is 30.3 Å². The lowest BCUT2D eigenvalue weighted by Crippen LogP contribution is -2.00. The first-order valence-electron chi connectivity index (χ1n) is 7.12. The fourth-order valence-corrected chi connectivity index (χ4v) is 2.56. The Hall–Kier alpha value is -2.03. The van der Waals surface area contributed by atoms with Crippen LogP contribution in [0, 0.1) is 0 Å². The molecule has 0 aliphatic rings. The van der Waals surface area contributed by atoms with Crippen molar-refractivity contribution in [3.8, 4) is 5.75 Å². The lowest BCUT2D eigenvalue weighted by Gasteiger charge is -2.12. The van der Waals surface area contributed by atoms with Crippen LogP contribution in [-0.4, -0.2) is 16.2 Å². The van der Waals surface area contributed by atoms with Gasteiger partial charge in [0.1, 0.15) is 11.3 Å². The number of carboxylic acids is 1. The average Bonchev–Trinajstić information content (AvgIpc) is 2.44. The number of unbranched alkanes of at least 4 members (excludes halogenated alkanes) is 3. The molecule has 0 fully saturated rings. The number of carbonyl (C=O) groups is 1. The Bertz CT molecular complexity index is 617. The van der Waals surface area contributed by atoms with E-state index in [1.165, 1.54) is 0 Å². The van der Waals surface area contributed by atoms with E-state index in [1.54, 1.807) is 6.07 Å². The molecule has 3 nitrogen and oxygen atoms in total. The minimum atomic E-state index is -1.08. The Morgan fingerprint density at radius 3 is 2.60 bits per heavy atom. The number of hydrogen-bond acceptors (Lipinski definition) is 2. The lowest BCUT2D eigenvalue weighted by atomic mass is 9.95. The van der Waals surface area contributed by atoms with Crippen LogP contribution >= 0.6 is 0 Å². The molecule has 0 aliphatic carbocycles. The van der Waals surface area contributed by atoms with Crippen LogP contribution in [0.5, 0.6) is 5.75 Å². The Kier molecular flexibility index (Phi) is 4.61.